The van der Waals surface area contributed by atoms with Crippen molar-refractivity contribution in [2.75, 3.05) is 0 Å². The molecule has 176 valence electrons. The molecule has 0 bridgehead atoms. The van der Waals surface area contributed by atoms with Crippen molar-refractivity contribution in [2.45, 2.75) is 99.3 Å². The molecule has 0 heterocycles. The third-order valence-corrected chi connectivity index (χ3v) is 3.97. The van der Waals surface area contributed by atoms with Crippen molar-refractivity contribution in [2.24, 2.45) is 0 Å². The summed E-state index contributed by atoms with van der Waals surface area (Å²) < 4.78 is 0. The van der Waals surface area contributed by atoms with Crippen LogP contribution in [-0.2, 0) is 14.4 Å². The summed E-state index contributed by atoms with van der Waals surface area (Å²) in [7, 11) is 0. The zero-order chi connectivity index (χ0) is 23.9. The smallest absolute Gasteiger partial charge is 0.545 e. The first-order valence-electron chi connectivity index (χ1n) is 10.9. The number of hydrogen-bond acceptors (Lipinski definition) is 6. The number of carbonyl (C=O) groups is 3. The first kappa shape index (κ1) is 36.8. The van der Waals surface area contributed by atoms with E-state index in [1.807, 2.05) is 41.5 Å². The summed E-state index contributed by atoms with van der Waals surface area (Å²) in [4.78, 5) is 30.8. The van der Waals surface area contributed by atoms with Gasteiger partial charge >= 0.3 is 24.4 Å². The van der Waals surface area contributed by atoms with Gasteiger partial charge in [-0.05, 0) is 55.2 Å². The standard InChI is InChI=1S/3C8H14O2.Sb/c3*1-3-5-6-7(4-2)8(9)10;/h3*6H,3-5H2,1-2H3,(H,9,10);/q;;;+3/p-3/b3*7-6+;. The van der Waals surface area contributed by atoms with Crippen LogP contribution in [0.2, 0.25) is 0 Å². The molecule has 0 unspecified atom stereocenters. The Hall–Kier alpha value is -1.55. The fourth-order valence-corrected chi connectivity index (χ4v) is 2.07. The summed E-state index contributed by atoms with van der Waals surface area (Å²) in [5.41, 5.74) is 1.26. The molecule has 0 aliphatic heterocycles. The molecule has 0 aliphatic rings. The van der Waals surface area contributed by atoms with Gasteiger partial charge in [-0.2, -0.15) is 0 Å². The van der Waals surface area contributed by atoms with Crippen molar-refractivity contribution < 1.29 is 29.7 Å². The SMILES string of the molecule is CCC/C=C(\CC)C(=O)[O-].CCC/C=C(\CC)C(=O)[O-].CCC/C=C(\CC)C(=O)[O-].[Sb+3]. The maximum Gasteiger partial charge on any atom is 3.00 e. The van der Waals surface area contributed by atoms with Crippen LogP contribution in [-0.4, -0.2) is 42.3 Å². The third-order valence-electron chi connectivity index (χ3n) is 3.97. The van der Waals surface area contributed by atoms with Gasteiger partial charge in [-0.25, -0.2) is 0 Å². The van der Waals surface area contributed by atoms with E-state index in [-0.39, 0.29) is 24.4 Å². The van der Waals surface area contributed by atoms with Gasteiger partial charge in [0.2, 0.25) is 0 Å². The molecule has 0 aliphatic carbocycles. The molecule has 0 rings (SSSR count). The maximum atomic E-state index is 10.3. The predicted molar refractivity (Wildman–Crippen MR) is 121 cm³/mol. The average molecular weight is 545 g/mol. The van der Waals surface area contributed by atoms with E-state index < -0.39 is 17.9 Å². The van der Waals surface area contributed by atoms with E-state index in [0.717, 1.165) is 38.5 Å². The van der Waals surface area contributed by atoms with E-state index in [4.69, 9.17) is 0 Å². The van der Waals surface area contributed by atoms with Gasteiger partial charge in [-0.1, -0.05) is 79.0 Å². The van der Waals surface area contributed by atoms with Crippen LogP contribution in [0.1, 0.15) is 99.3 Å². The van der Waals surface area contributed by atoms with Crippen LogP contribution in [0.25, 0.3) is 0 Å². The Kier molecular flexibility index (Phi) is 31.4. The Morgan fingerprint density at radius 2 is 0.710 bits per heavy atom. The molecule has 0 fully saturated rings. The largest absolute Gasteiger partial charge is 3.00 e. The topological polar surface area (TPSA) is 120 Å². The number of aliphatic carboxylic acids is 3. The number of allylic oxidation sites excluding steroid dienone is 3. The van der Waals surface area contributed by atoms with Crippen molar-refractivity contribution in [3.8, 4) is 0 Å². The predicted octanol–water partition coefficient (Wildman–Crippen LogP) is 2.24. The van der Waals surface area contributed by atoms with Crippen LogP contribution in [0.15, 0.2) is 34.9 Å². The first-order chi connectivity index (χ1) is 14.2. The molecule has 0 atom stereocenters. The molecule has 7 heteroatoms. The van der Waals surface area contributed by atoms with Gasteiger partial charge in [0.05, 0.1) is 17.9 Å². The molecule has 0 saturated heterocycles. The van der Waals surface area contributed by atoms with Crippen molar-refractivity contribution in [1.29, 1.82) is 0 Å². The summed E-state index contributed by atoms with van der Waals surface area (Å²) in [6.07, 6.45) is 12.3. The second-order valence-corrected chi connectivity index (χ2v) is 6.48. The average Bonchev–Trinajstić information content (AvgIpc) is 2.70. The summed E-state index contributed by atoms with van der Waals surface area (Å²) in [5.74, 6) is -3.09. The van der Waals surface area contributed by atoms with Crippen LogP contribution in [0.4, 0.5) is 0 Å². The zero-order valence-electron chi connectivity index (χ0n) is 20.0. The van der Waals surface area contributed by atoms with Crippen molar-refractivity contribution in [3.63, 3.8) is 0 Å². The normalized spacial score (nSPS) is 11.2. The minimum atomic E-state index is -1.03. The van der Waals surface area contributed by atoms with Crippen molar-refractivity contribution in [1.82, 2.24) is 0 Å². The van der Waals surface area contributed by atoms with Gasteiger partial charge in [-0.3, -0.25) is 0 Å². The fraction of sp³-hybridized carbons (Fsp3) is 0.625. The van der Waals surface area contributed by atoms with Gasteiger partial charge in [0, 0.05) is 0 Å². The van der Waals surface area contributed by atoms with Crippen molar-refractivity contribution in [3.05, 3.63) is 34.9 Å². The third kappa shape index (κ3) is 24.6. The quantitative estimate of drug-likeness (QED) is 0.274. The molecule has 0 spiro atoms. The minimum absolute atomic E-state index is 0. The Bertz CT molecular complexity index is 496. The van der Waals surface area contributed by atoms with E-state index in [2.05, 4.69) is 0 Å². The molecule has 0 aromatic rings. The Balaban J connectivity index is -0.000000174. The van der Waals surface area contributed by atoms with E-state index in [0.29, 0.717) is 36.0 Å². The number of carboxylic acid groups (broad SMARTS) is 3. The molecule has 31 heavy (non-hydrogen) atoms. The number of carbonyl (C=O) groups excluding carboxylic acids is 3. The van der Waals surface area contributed by atoms with Crippen LogP contribution in [0, 0.1) is 0 Å². The Morgan fingerprint density at radius 3 is 0.806 bits per heavy atom. The molecule has 0 N–H and O–H groups in total. The van der Waals surface area contributed by atoms with Gasteiger partial charge in [0.1, 0.15) is 0 Å². The molecule has 6 nitrogen and oxygen atoms in total. The summed E-state index contributed by atoms with van der Waals surface area (Å²) in [5, 5.41) is 30.8. The van der Waals surface area contributed by atoms with E-state index >= 15 is 0 Å². The van der Waals surface area contributed by atoms with Gasteiger partial charge in [0.15, 0.2) is 0 Å². The Morgan fingerprint density at radius 1 is 0.516 bits per heavy atom. The van der Waals surface area contributed by atoms with E-state index in [9.17, 15) is 29.7 Å². The second kappa shape index (κ2) is 26.5. The van der Waals surface area contributed by atoms with Crippen molar-refractivity contribution >= 4 is 42.3 Å². The first-order valence-corrected chi connectivity index (χ1v) is 10.9. The molecular weight excluding hydrogens is 506 g/mol. The van der Waals surface area contributed by atoms with E-state index in [1.54, 1.807) is 18.2 Å². The molecule has 0 saturated carbocycles. The molecule has 2 radical (unpaired) electrons. The Labute approximate surface area is 206 Å². The summed E-state index contributed by atoms with van der Waals surface area (Å²) in [6, 6.07) is 0. The van der Waals surface area contributed by atoms with Crippen LogP contribution < -0.4 is 15.3 Å². The number of rotatable bonds is 12. The van der Waals surface area contributed by atoms with Crippen LogP contribution >= 0.6 is 0 Å². The van der Waals surface area contributed by atoms with Gasteiger partial charge in [0.25, 0.3) is 0 Å². The van der Waals surface area contributed by atoms with Gasteiger partial charge in [-0.15, -0.1) is 0 Å². The van der Waals surface area contributed by atoms with Crippen LogP contribution in [0.5, 0.6) is 0 Å². The summed E-state index contributed by atoms with van der Waals surface area (Å²) >= 11 is 0. The number of hydrogen-bond donors (Lipinski definition) is 0. The fourth-order valence-electron chi connectivity index (χ4n) is 2.07. The maximum absolute atomic E-state index is 10.3. The molecule has 0 aromatic carbocycles. The minimum Gasteiger partial charge on any atom is -0.545 e. The number of carboxylic acids is 3. The van der Waals surface area contributed by atoms with Gasteiger partial charge < -0.3 is 29.7 Å². The monoisotopic (exact) mass is 544 g/mol. The van der Waals surface area contributed by atoms with Crippen LogP contribution in [0.3, 0.4) is 0 Å². The van der Waals surface area contributed by atoms with E-state index in [1.165, 1.54) is 0 Å². The number of unbranched alkanes of at least 4 members (excludes halogenated alkanes) is 3. The molecular formula is C24H39O6Sb. The summed E-state index contributed by atoms with van der Waals surface area (Å²) in [6.45, 7) is 11.5. The second-order valence-electron chi connectivity index (χ2n) is 6.48. The zero-order valence-corrected chi connectivity index (χ0v) is 22.5. The molecule has 0 aromatic heterocycles. The molecule has 0 amide bonds.